The van der Waals surface area contributed by atoms with Crippen molar-refractivity contribution >= 4 is 25.8 Å². The Morgan fingerprint density at radius 2 is 2.14 bits per heavy atom. The molecule has 1 aromatic rings. The van der Waals surface area contributed by atoms with Gasteiger partial charge in [0.1, 0.15) is 0 Å². The highest BCUT2D eigenvalue weighted by Crippen LogP contribution is 2.38. The molecular formula is C15H17BrN2O2S. The van der Waals surface area contributed by atoms with Crippen LogP contribution in [0, 0.1) is 17.2 Å². The van der Waals surface area contributed by atoms with Gasteiger partial charge in [-0.1, -0.05) is 15.9 Å². The van der Waals surface area contributed by atoms with Crippen LogP contribution in [0.2, 0.25) is 0 Å². The molecule has 2 aliphatic rings. The van der Waals surface area contributed by atoms with Gasteiger partial charge in [-0.2, -0.15) is 5.26 Å². The minimum Gasteiger partial charge on any atom is -0.294 e. The lowest BCUT2D eigenvalue weighted by molar-refractivity contribution is 0.184. The van der Waals surface area contributed by atoms with Gasteiger partial charge in [-0.05, 0) is 42.5 Å². The summed E-state index contributed by atoms with van der Waals surface area (Å²) in [6.45, 7) is 1.29. The molecule has 4 nitrogen and oxygen atoms in total. The van der Waals surface area contributed by atoms with Gasteiger partial charge in [0, 0.05) is 23.6 Å². The molecule has 1 unspecified atom stereocenters. The lowest BCUT2D eigenvalue weighted by atomic mass is 10.1. The minimum atomic E-state index is -2.89. The number of halogens is 1. The van der Waals surface area contributed by atoms with E-state index in [1.165, 1.54) is 0 Å². The molecule has 1 aliphatic heterocycles. The molecule has 0 spiro atoms. The Balaban J connectivity index is 1.82. The Labute approximate surface area is 133 Å². The molecule has 0 amide bonds. The number of sulfone groups is 1. The Morgan fingerprint density at radius 1 is 1.38 bits per heavy atom. The lowest BCUT2D eigenvalue weighted by Crippen LogP contribution is -2.49. The molecule has 112 valence electrons. The Kier molecular flexibility index (Phi) is 4.08. The summed E-state index contributed by atoms with van der Waals surface area (Å²) in [4.78, 5) is 2.28. The molecule has 1 heterocycles. The SMILES string of the molecule is N#Cc1ccc(Br)c(CN2CCS(=O)(=O)CC2C2CC2)c1. The van der Waals surface area contributed by atoms with Crippen molar-refractivity contribution in [2.24, 2.45) is 5.92 Å². The van der Waals surface area contributed by atoms with E-state index in [4.69, 9.17) is 5.26 Å². The molecule has 3 rings (SSSR count). The third kappa shape index (κ3) is 3.47. The number of hydrogen-bond donors (Lipinski definition) is 0. The monoisotopic (exact) mass is 368 g/mol. The van der Waals surface area contributed by atoms with E-state index in [0.29, 0.717) is 24.6 Å². The van der Waals surface area contributed by atoms with Crippen molar-refractivity contribution in [1.82, 2.24) is 4.90 Å². The highest BCUT2D eigenvalue weighted by atomic mass is 79.9. The number of nitriles is 1. The second kappa shape index (κ2) is 5.71. The number of hydrogen-bond acceptors (Lipinski definition) is 4. The summed E-state index contributed by atoms with van der Waals surface area (Å²) in [5.41, 5.74) is 1.69. The van der Waals surface area contributed by atoms with Gasteiger partial charge in [0.05, 0.1) is 23.1 Å². The first-order valence-corrected chi connectivity index (χ1v) is 9.73. The smallest absolute Gasteiger partial charge is 0.153 e. The number of rotatable bonds is 3. The van der Waals surface area contributed by atoms with E-state index in [-0.39, 0.29) is 17.5 Å². The highest BCUT2D eigenvalue weighted by molar-refractivity contribution is 9.10. The molecule has 6 heteroatoms. The van der Waals surface area contributed by atoms with Gasteiger partial charge in [-0.3, -0.25) is 4.90 Å². The third-order valence-electron chi connectivity index (χ3n) is 4.30. The van der Waals surface area contributed by atoms with Crippen molar-refractivity contribution in [1.29, 1.82) is 5.26 Å². The topological polar surface area (TPSA) is 61.2 Å². The molecule has 0 bridgehead atoms. The van der Waals surface area contributed by atoms with E-state index in [9.17, 15) is 8.42 Å². The van der Waals surface area contributed by atoms with Gasteiger partial charge in [-0.15, -0.1) is 0 Å². The van der Waals surface area contributed by atoms with Crippen LogP contribution in [0.25, 0.3) is 0 Å². The summed E-state index contributed by atoms with van der Waals surface area (Å²) in [6, 6.07) is 7.86. The summed E-state index contributed by atoms with van der Waals surface area (Å²) in [7, 11) is -2.89. The normalized spacial score (nSPS) is 25.4. The molecular weight excluding hydrogens is 352 g/mol. The third-order valence-corrected chi connectivity index (χ3v) is 6.73. The molecule has 1 saturated heterocycles. The quantitative estimate of drug-likeness (QED) is 0.821. The summed E-state index contributed by atoms with van der Waals surface area (Å²) in [5.74, 6) is 1.05. The summed E-state index contributed by atoms with van der Waals surface area (Å²) >= 11 is 3.53. The molecule has 0 aromatic heterocycles. The first-order valence-electron chi connectivity index (χ1n) is 7.11. The maximum Gasteiger partial charge on any atom is 0.153 e. The minimum absolute atomic E-state index is 0.140. The summed E-state index contributed by atoms with van der Waals surface area (Å²) in [6.07, 6.45) is 2.27. The molecule has 21 heavy (non-hydrogen) atoms. The Bertz CT molecular complexity index is 692. The van der Waals surface area contributed by atoms with Crippen molar-refractivity contribution in [2.45, 2.75) is 25.4 Å². The van der Waals surface area contributed by atoms with Crippen LogP contribution in [-0.4, -0.2) is 37.4 Å². The Morgan fingerprint density at radius 3 is 2.81 bits per heavy atom. The second-order valence-corrected chi connectivity index (χ2v) is 8.99. The van der Waals surface area contributed by atoms with Crippen LogP contribution < -0.4 is 0 Å². The summed E-state index contributed by atoms with van der Waals surface area (Å²) < 4.78 is 24.7. The van der Waals surface area contributed by atoms with E-state index < -0.39 is 9.84 Å². The first kappa shape index (κ1) is 15.0. The maximum atomic E-state index is 11.9. The fourth-order valence-corrected chi connectivity index (χ4v) is 5.02. The number of nitrogens with zero attached hydrogens (tertiary/aromatic N) is 2. The van der Waals surface area contributed by atoms with Crippen LogP contribution in [0.15, 0.2) is 22.7 Å². The van der Waals surface area contributed by atoms with Crippen molar-refractivity contribution in [3.63, 3.8) is 0 Å². The van der Waals surface area contributed by atoms with Crippen LogP contribution in [0.3, 0.4) is 0 Å². The summed E-state index contributed by atoms with van der Waals surface area (Å²) in [5, 5.41) is 9.02. The van der Waals surface area contributed by atoms with E-state index in [2.05, 4.69) is 26.9 Å². The van der Waals surface area contributed by atoms with Gasteiger partial charge >= 0.3 is 0 Å². The highest BCUT2D eigenvalue weighted by Gasteiger charge is 2.41. The van der Waals surface area contributed by atoms with Gasteiger partial charge < -0.3 is 0 Å². The zero-order valence-corrected chi connectivity index (χ0v) is 14.0. The van der Waals surface area contributed by atoms with E-state index >= 15 is 0 Å². The predicted molar refractivity (Wildman–Crippen MR) is 84.4 cm³/mol. The molecule has 1 saturated carbocycles. The largest absolute Gasteiger partial charge is 0.294 e. The molecule has 1 atom stereocenters. The van der Waals surface area contributed by atoms with Crippen molar-refractivity contribution in [2.75, 3.05) is 18.1 Å². The molecule has 1 aliphatic carbocycles. The van der Waals surface area contributed by atoms with Crippen LogP contribution >= 0.6 is 15.9 Å². The van der Waals surface area contributed by atoms with Crippen molar-refractivity contribution in [3.05, 3.63) is 33.8 Å². The fraction of sp³-hybridized carbons (Fsp3) is 0.533. The van der Waals surface area contributed by atoms with Crippen LogP contribution in [0.1, 0.15) is 24.0 Å². The molecule has 2 fully saturated rings. The average molecular weight is 369 g/mol. The van der Waals surface area contributed by atoms with E-state index in [1.54, 1.807) is 6.07 Å². The van der Waals surface area contributed by atoms with Crippen LogP contribution in [0.4, 0.5) is 0 Å². The van der Waals surface area contributed by atoms with Gasteiger partial charge in [0.15, 0.2) is 9.84 Å². The lowest BCUT2D eigenvalue weighted by Gasteiger charge is -2.36. The zero-order chi connectivity index (χ0) is 15.0. The van der Waals surface area contributed by atoms with Crippen LogP contribution in [-0.2, 0) is 16.4 Å². The van der Waals surface area contributed by atoms with E-state index in [1.807, 2.05) is 12.1 Å². The fourth-order valence-electron chi connectivity index (χ4n) is 2.97. The number of benzene rings is 1. The van der Waals surface area contributed by atoms with Crippen molar-refractivity contribution in [3.8, 4) is 6.07 Å². The Hall–Kier alpha value is -0.900. The zero-order valence-electron chi connectivity index (χ0n) is 11.6. The van der Waals surface area contributed by atoms with Crippen LogP contribution in [0.5, 0.6) is 0 Å². The second-order valence-electron chi connectivity index (χ2n) is 5.91. The first-order chi connectivity index (χ1) is 9.98. The molecule has 1 aromatic carbocycles. The van der Waals surface area contributed by atoms with Gasteiger partial charge in [0.25, 0.3) is 0 Å². The van der Waals surface area contributed by atoms with Crippen molar-refractivity contribution < 1.29 is 8.42 Å². The molecule has 0 N–H and O–H groups in total. The molecule has 0 radical (unpaired) electrons. The van der Waals surface area contributed by atoms with Gasteiger partial charge in [0.2, 0.25) is 0 Å². The van der Waals surface area contributed by atoms with Gasteiger partial charge in [-0.25, -0.2) is 8.42 Å². The maximum absolute atomic E-state index is 11.9. The van der Waals surface area contributed by atoms with E-state index in [0.717, 1.165) is 22.9 Å². The average Bonchev–Trinajstić information content (AvgIpc) is 3.27. The standard InChI is InChI=1S/C15H17BrN2O2S/c16-14-4-1-11(8-17)7-13(14)9-18-5-6-21(19,20)10-15(18)12-2-3-12/h1,4,7,12,15H,2-3,5-6,9-10H2. The predicted octanol–water partition coefficient (Wildman–Crippen LogP) is 2.33.